The van der Waals surface area contributed by atoms with E-state index in [9.17, 15) is 14.3 Å². The summed E-state index contributed by atoms with van der Waals surface area (Å²) in [6.45, 7) is 5.67. The Balaban J connectivity index is 4.07. The fourth-order valence-corrected chi connectivity index (χ4v) is 8.70. The molecule has 0 aliphatic rings. The zero-order valence-electron chi connectivity index (χ0n) is 43.3. The largest absolute Gasteiger partial charge is 0.472 e. The smallest absolute Gasteiger partial charge is 0.457 e. The van der Waals surface area contributed by atoms with E-state index in [0.717, 1.165) is 32.1 Å². The lowest BCUT2D eigenvalue weighted by molar-refractivity contribution is -0.870. The fourth-order valence-electron chi connectivity index (χ4n) is 7.96. The molecule has 2 unspecified atom stereocenters. The van der Waals surface area contributed by atoms with E-state index in [4.69, 9.17) is 18.5 Å². The van der Waals surface area contributed by atoms with Crippen LogP contribution in [-0.4, -0.2) is 75.6 Å². The molecule has 0 saturated carbocycles. The van der Waals surface area contributed by atoms with Crippen molar-refractivity contribution in [1.29, 1.82) is 0 Å². The third-order valence-electron chi connectivity index (χ3n) is 12.2. The number of hydrogen-bond acceptors (Lipinski definition) is 6. The summed E-state index contributed by atoms with van der Waals surface area (Å²) in [6, 6.07) is 0. The van der Waals surface area contributed by atoms with Crippen molar-refractivity contribution >= 4 is 13.8 Å². The van der Waals surface area contributed by atoms with Gasteiger partial charge >= 0.3 is 13.8 Å². The van der Waals surface area contributed by atoms with Crippen LogP contribution in [0.25, 0.3) is 0 Å². The van der Waals surface area contributed by atoms with Gasteiger partial charge in [-0.3, -0.25) is 13.8 Å². The number of rotatable bonds is 52. The standard InChI is InChI=1S/C55H108NO7P/c1-6-8-10-12-14-16-18-20-22-24-26-27-28-29-30-31-33-35-37-39-41-43-45-47-50-60-52-54(53-62-64(58,59)61-51-49-56(3,4)5)63-55(57)48-46-44-42-40-38-36-34-32-25-23-21-19-17-15-13-11-9-7-2/h23-26,54H,6-22,27-53H2,1-5H3/p+1/b25-23-,26-24-. The monoisotopic (exact) mass is 927 g/mol. The van der Waals surface area contributed by atoms with Crippen molar-refractivity contribution in [3.63, 3.8) is 0 Å². The van der Waals surface area contributed by atoms with Crippen LogP contribution >= 0.6 is 7.82 Å². The summed E-state index contributed by atoms with van der Waals surface area (Å²) in [5.41, 5.74) is 0. The van der Waals surface area contributed by atoms with Crippen LogP contribution in [0.2, 0.25) is 0 Å². The second-order valence-corrected chi connectivity index (χ2v) is 21.4. The topological polar surface area (TPSA) is 91.3 Å². The number of nitrogens with zero attached hydrogens (tertiary/aromatic N) is 1. The molecule has 0 aliphatic carbocycles. The molecular weight excluding hydrogens is 818 g/mol. The van der Waals surface area contributed by atoms with Crippen molar-refractivity contribution in [3.8, 4) is 0 Å². The minimum atomic E-state index is -4.28. The Morgan fingerprint density at radius 3 is 1.19 bits per heavy atom. The highest BCUT2D eigenvalue weighted by molar-refractivity contribution is 7.47. The number of quaternary nitrogens is 1. The van der Waals surface area contributed by atoms with Crippen LogP contribution in [0.1, 0.15) is 264 Å². The van der Waals surface area contributed by atoms with Crippen molar-refractivity contribution < 1.29 is 37.3 Å². The van der Waals surface area contributed by atoms with Gasteiger partial charge in [-0.2, -0.15) is 0 Å². The van der Waals surface area contributed by atoms with Crippen molar-refractivity contribution in [2.75, 3.05) is 54.1 Å². The van der Waals surface area contributed by atoms with Crippen LogP contribution in [-0.2, 0) is 27.9 Å². The van der Waals surface area contributed by atoms with E-state index < -0.39 is 13.9 Å². The van der Waals surface area contributed by atoms with Gasteiger partial charge in [0.05, 0.1) is 34.4 Å². The maximum absolute atomic E-state index is 12.8. The third-order valence-corrected chi connectivity index (χ3v) is 13.2. The Kier molecular flexibility index (Phi) is 47.7. The second-order valence-electron chi connectivity index (χ2n) is 20.0. The minimum absolute atomic E-state index is 0.0897. The Morgan fingerprint density at radius 1 is 0.469 bits per heavy atom. The molecule has 0 bridgehead atoms. The summed E-state index contributed by atoms with van der Waals surface area (Å²) in [6.07, 6.45) is 58.0. The number of hydrogen-bond donors (Lipinski definition) is 1. The van der Waals surface area contributed by atoms with Crippen LogP contribution in [0.5, 0.6) is 0 Å². The molecule has 2 atom stereocenters. The predicted molar refractivity (Wildman–Crippen MR) is 275 cm³/mol. The van der Waals surface area contributed by atoms with Crippen LogP contribution in [0.3, 0.4) is 0 Å². The lowest BCUT2D eigenvalue weighted by Crippen LogP contribution is -2.37. The van der Waals surface area contributed by atoms with E-state index in [0.29, 0.717) is 24.1 Å². The number of unbranched alkanes of at least 4 members (excludes halogenated alkanes) is 34. The van der Waals surface area contributed by atoms with Gasteiger partial charge in [0.25, 0.3) is 0 Å². The minimum Gasteiger partial charge on any atom is -0.457 e. The highest BCUT2D eigenvalue weighted by Gasteiger charge is 2.26. The Labute approximate surface area is 398 Å². The molecule has 9 heteroatoms. The number of carbonyl (C=O) groups is 1. The summed E-state index contributed by atoms with van der Waals surface area (Å²) in [5.74, 6) is -0.313. The number of carbonyl (C=O) groups excluding carboxylic acids is 1. The average molecular weight is 927 g/mol. The second kappa shape index (κ2) is 48.4. The molecule has 0 amide bonds. The van der Waals surface area contributed by atoms with E-state index in [-0.39, 0.29) is 25.8 Å². The molecule has 0 aliphatic heterocycles. The third kappa shape index (κ3) is 52.0. The summed E-state index contributed by atoms with van der Waals surface area (Å²) < 4.78 is 35.2. The van der Waals surface area contributed by atoms with E-state index in [1.807, 2.05) is 21.1 Å². The number of esters is 1. The van der Waals surface area contributed by atoms with Crippen LogP contribution in [0.4, 0.5) is 0 Å². The number of phosphoric acid groups is 1. The number of phosphoric ester groups is 1. The van der Waals surface area contributed by atoms with Gasteiger partial charge in [0, 0.05) is 13.0 Å². The van der Waals surface area contributed by atoms with Gasteiger partial charge in [0.1, 0.15) is 19.3 Å². The molecule has 64 heavy (non-hydrogen) atoms. The van der Waals surface area contributed by atoms with Crippen molar-refractivity contribution in [2.45, 2.75) is 270 Å². The van der Waals surface area contributed by atoms with Gasteiger partial charge in [0.15, 0.2) is 0 Å². The molecule has 0 radical (unpaired) electrons. The molecule has 0 fully saturated rings. The molecule has 0 aromatic heterocycles. The lowest BCUT2D eigenvalue weighted by atomic mass is 10.0. The van der Waals surface area contributed by atoms with E-state index in [1.54, 1.807) is 0 Å². The Bertz CT molecular complexity index is 1080. The zero-order chi connectivity index (χ0) is 46.9. The summed E-state index contributed by atoms with van der Waals surface area (Å²) >= 11 is 0. The first-order chi connectivity index (χ1) is 31.1. The predicted octanol–water partition coefficient (Wildman–Crippen LogP) is 17.1. The SMILES string of the molecule is CCCCCCCCC/C=C\CCCCCCCCCC(=O)OC(COCCCCCCCCCCCCCC/C=C\CCCCCCCCCC)COP(=O)(O)OCC[N+](C)(C)C. The Hall–Kier alpha value is -1.02. The van der Waals surface area contributed by atoms with Gasteiger partial charge in [-0.25, -0.2) is 4.57 Å². The highest BCUT2D eigenvalue weighted by Crippen LogP contribution is 2.43. The van der Waals surface area contributed by atoms with Gasteiger partial charge in [0.2, 0.25) is 0 Å². The van der Waals surface area contributed by atoms with Gasteiger partial charge in [-0.05, 0) is 64.2 Å². The molecule has 1 N–H and O–H groups in total. The zero-order valence-corrected chi connectivity index (χ0v) is 44.2. The van der Waals surface area contributed by atoms with Gasteiger partial charge in [-0.1, -0.05) is 218 Å². The normalized spacial score (nSPS) is 13.7. The van der Waals surface area contributed by atoms with E-state index in [2.05, 4.69) is 38.2 Å². The lowest BCUT2D eigenvalue weighted by Gasteiger charge is -2.24. The maximum atomic E-state index is 12.8. The molecule has 8 nitrogen and oxygen atoms in total. The summed E-state index contributed by atoms with van der Waals surface area (Å²) in [5, 5.41) is 0. The number of allylic oxidation sites excluding steroid dienone is 4. The summed E-state index contributed by atoms with van der Waals surface area (Å²) in [7, 11) is 1.68. The highest BCUT2D eigenvalue weighted by atomic mass is 31.2. The fraction of sp³-hybridized carbons (Fsp3) is 0.909. The molecule has 0 rings (SSSR count). The van der Waals surface area contributed by atoms with Crippen LogP contribution < -0.4 is 0 Å². The number of ether oxygens (including phenoxy) is 2. The molecule has 0 saturated heterocycles. The van der Waals surface area contributed by atoms with Gasteiger partial charge < -0.3 is 18.9 Å². The maximum Gasteiger partial charge on any atom is 0.472 e. The summed E-state index contributed by atoms with van der Waals surface area (Å²) in [4.78, 5) is 23.0. The first-order valence-electron chi connectivity index (χ1n) is 27.6. The Morgan fingerprint density at radius 2 is 0.812 bits per heavy atom. The molecular formula is C55H109NO7P+. The van der Waals surface area contributed by atoms with Crippen LogP contribution in [0.15, 0.2) is 24.3 Å². The first kappa shape index (κ1) is 63.0. The number of likely N-dealkylation sites (N-methyl/N-ethyl adjacent to an activating group) is 1. The molecule has 0 spiro atoms. The molecule has 0 aromatic carbocycles. The average Bonchev–Trinajstić information content (AvgIpc) is 3.25. The van der Waals surface area contributed by atoms with Crippen molar-refractivity contribution in [1.82, 2.24) is 0 Å². The van der Waals surface area contributed by atoms with Crippen molar-refractivity contribution in [3.05, 3.63) is 24.3 Å². The van der Waals surface area contributed by atoms with Gasteiger partial charge in [-0.15, -0.1) is 0 Å². The quantitative estimate of drug-likeness (QED) is 0.0214. The molecule has 380 valence electrons. The first-order valence-corrected chi connectivity index (χ1v) is 29.1. The molecule has 0 heterocycles. The van der Waals surface area contributed by atoms with Crippen molar-refractivity contribution in [2.24, 2.45) is 0 Å². The van der Waals surface area contributed by atoms with Crippen LogP contribution in [0, 0.1) is 0 Å². The molecule has 0 aromatic rings. The van der Waals surface area contributed by atoms with E-state index in [1.165, 1.54) is 212 Å². The van der Waals surface area contributed by atoms with E-state index >= 15 is 0 Å².